The SMILES string of the molecule is C/C(=N\NC(=O)c1nnn(-c2nonc2N)c1-c1ccc(Cl)c(Cl)c1)c1ccc2c(c1)OCO2. The number of hydrogen-bond acceptors (Lipinski definition) is 10. The predicted octanol–water partition coefficient (Wildman–Crippen LogP) is 3.09. The maximum atomic E-state index is 13.1. The molecule has 1 aliphatic heterocycles. The molecular weight excluding hydrogens is 487 g/mol. The summed E-state index contributed by atoms with van der Waals surface area (Å²) in [6.45, 7) is 1.89. The number of anilines is 1. The van der Waals surface area contributed by atoms with Crippen LogP contribution in [0.2, 0.25) is 10.0 Å². The number of nitrogens with zero attached hydrogens (tertiary/aromatic N) is 6. The van der Waals surface area contributed by atoms with Crippen LogP contribution in [-0.4, -0.2) is 43.7 Å². The first-order valence-electron chi connectivity index (χ1n) is 9.66. The highest BCUT2D eigenvalue weighted by Crippen LogP contribution is 2.33. The summed E-state index contributed by atoms with van der Waals surface area (Å²) >= 11 is 12.2. The number of ether oxygens (including phenoxy) is 2. The monoisotopic (exact) mass is 500 g/mol. The first-order chi connectivity index (χ1) is 16.4. The zero-order valence-corrected chi connectivity index (χ0v) is 18.8. The van der Waals surface area contributed by atoms with Gasteiger partial charge in [0.1, 0.15) is 5.69 Å². The summed E-state index contributed by atoms with van der Waals surface area (Å²) in [5.74, 6) is 0.608. The summed E-state index contributed by atoms with van der Waals surface area (Å²) in [5.41, 5.74) is 10.2. The molecule has 5 rings (SSSR count). The predicted molar refractivity (Wildman–Crippen MR) is 121 cm³/mol. The molecule has 2 aromatic heterocycles. The zero-order chi connectivity index (χ0) is 23.8. The normalized spacial score (nSPS) is 12.7. The first-order valence-corrected chi connectivity index (χ1v) is 10.4. The number of aromatic nitrogens is 5. The second kappa shape index (κ2) is 8.65. The Morgan fingerprint density at radius 3 is 2.71 bits per heavy atom. The Labute approximate surface area is 201 Å². The number of hydrazone groups is 1. The van der Waals surface area contributed by atoms with Crippen molar-refractivity contribution in [2.24, 2.45) is 5.10 Å². The van der Waals surface area contributed by atoms with Crippen molar-refractivity contribution >= 4 is 40.6 Å². The topological polar surface area (TPSA) is 156 Å². The van der Waals surface area contributed by atoms with Crippen molar-refractivity contribution in [2.75, 3.05) is 12.5 Å². The van der Waals surface area contributed by atoms with E-state index in [0.29, 0.717) is 27.8 Å². The van der Waals surface area contributed by atoms with Gasteiger partial charge < -0.3 is 15.2 Å². The molecule has 1 amide bonds. The Kier molecular flexibility index (Phi) is 5.51. The Morgan fingerprint density at radius 1 is 1.12 bits per heavy atom. The minimum Gasteiger partial charge on any atom is -0.454 e. The molecule has 3 N–H and O–H groups in total. The number of nitrogens with one attached hydrogen (secondary N) is 1. The lowest BCUT2D eigenvalue weighted by Crippen LogP contribution is -2.21. The molecule has 4 aromatic rings. The highest BCUT2D eigenvalue weighted by Gasteiger charge is 2.26. The van der Waals surface area contributed by atoms with Gasteiger partial charge in [-0.05, 0) is 47.6 Å². The molecule has 0 spiro atoms. The maximum absolute atomic E-state index is 13.1. The lowest BCUT2D eigenvalue weighted by Gasteiger charge is -2.07. The summed E-state index contributed by atoms with van der Waals surface area (Å²) in [6.07, 6.45) is 0. The van der Waals surface area contributed by atoms with Crippen LogP contribution >= 0.6 is 23.2 Å². The second-order valence-electron chi connectivity index (χ2n) is 7.01. The number of benzene rings is 2. The number of amides is 1. The van der Waals surface area contributed by atoms with Gasteiger partial charge in [0.05, 0.1) is 15.8 Å². The van der Waals surface area contributed by atoms with E-state index in [9.17, 15) is 4.79 Å². The molecule has 0 radical (unpaired) electrons. The van der Waals surface area contributed by atoms with Crippen molar-refractivity contribution in [3.05, 3.63) is 57.7 Å². The molecule has 12 nitrogen and oxygen atoms in total. The van der Waals surface area contributed by atoms with Gasteiger partial charge in [0.15, 0.2) is 17.2 Å². The molecule has 172 valence electrons. The second-order valence-corrected chi connectivity index (χ2v) is 7.82. The van der Waals surface area contributed by atoms with Crippen LogP contribution in [0.5, 0.6) is 11.5 Å². The van der Waals surface area contributed by atoms with Crippen LogP contribution in [0.4, 0.5) is 5.82 Å². The van der Waals surface area contributed by atoms with Crippen molar-refractivity contribution in [1.82, 2.24) is 30.7 Å². The number of fused-ring (bicyclic) bond motifs is 1. The summed E-state index contributed by atoms with van der Waals surface area (Å²) in [5, 5.41) is 20.1. The number of nitrogen functional groups attached to an aromatic ring is 1. The largest absolute Gasteiger partial charge is 0.454 e. The molecule has 14 heteroatoms. The summed E-state index contributed by atoms with van der Waals surface area (Å²) in [6, 6.07) is 10.1. The van der Waals surface area contributed by atoms with Crippen LogP contribution in [-0.2, 0) is 0 Å². The van der Waals surface area contributed by atoms with E-state index in [-0.39, 0.29) is 34.8 Å². The van der Waals surface area contributed by atoms with Gasteiger partial charge in [-0.3, -0.25) is 4.79 Å². The van der Waals surface area contributed by atoms with Gasteiger partial charge in [0.2, 0.25) is 18.4 Å². The van der Waals surface area contributed by atoms with Crippen molar-refractivity contribution in [3.63, 3.8) is 0 Å². The summed E-state index contributed by atoms with van der Waals surface area (Å²) in [4.78, 5) is 13.1. The van der Waals surface area contributed by atoms with Crippen molar-refractivity contribution in [1.29, 1.82) is 0 Å². The van der Waals surface area contributed by atoms with Gasteiger partial charge in [0, 0.05) is 11.1 Å². The molecule has 2 aromatic carbocycles. The highest BCUT2D eigenvalue weighted by atomic mass is 35.5. The van der Waals surface area contributed by atoms with Gasteiger partial charge in [0.25, 0.3) is 5.91 Å². The van der Waals surface area contributed by atoms with Crippen LogP contribution in [0.15, 0.2) is 46.1 Å². The lowest BCUT2D eigenvalue weighted by atomic mass is 10.1. The van der Waals surface area contributed by atoms with E-state index < -0.39 is 5.91 Å². The smallest absolute Gasteiger partial charge is 0.294 e. The van der Waals surface area contributed by atoms with Crippen LogP contribution < -0.4 is 20.6 Å². The van der Waals surface area contributed by atoms with E-state index in [1.165, 1.54) is 4.68 Å². The van der Waals surface area contributed by atoms with Gasteiger partial charge in [-0.25, -0.2) is 10.1 Å². The lowest BCUT2D eigenvalue weighted by molar-refractivity contribution is 0.0950. The van der Waals surface area contributed by atoms with Gasteiger partial charge >= 0.3 is 0 Å². The van der Waals surface area contributed by atoms with Crippen molar-refractivity contribution < 1.29 is 18.9 Å². The Hall–Kier alpha value is -4.16. The molecule has 0 saturated heterocycles. The minimum absolute atomic E-state index is 0.0464. The van der Waals surface area contributed by atoms with E-state index in [0.717, 1.165) is 5.56 Å². The Bertz CT molecular complexity index is 1450. The standard InChI is InChI=1S/C20H14Cl2N8O4/c1-9(10-3-5-14-15(7-10)33-8-32-14)24-26-20(31)16-17(11-2-4-12(21)13(22)6-11)30(29-25-16)19-18(23)27-34-28-19/h2-7H,8H2,1H3,(H2,23,27)(H,26,31)/b24-9+. The Balaban J connectivity index is 1.50. The molecule has 3 heterocycles. The molecule has 34 heavy (non-hydrogen) atoms. The van der Waals surface area contributed by atoms with Crippen molar-refractivity contribution in [2.45, 2.75) is 6.92 Å². The zero-order valence-electron chi connectivity index (χ0n) is 17.3. The summed E-state index contributed by atoms with van der Waals surface area (Å²) in [7, 11) is 0. The quantitative estimate of drug-likeness (QED) is 0.310. The Morgan fingerprint density at radius 2 is 1.94 bits per heavy atom. The fraction of sp³-hybridized carbons (Fsp3) is 0.100. The molecular formula is C20H14Cl2N8O4. The van der Waals surface area contributed by atoms with Gasteiger partial charge in [-0.1, -0.05) is 34.5 Å². The average molecular weight is 501 g/mol. The number of hydrogen-bond donors (Lipinski definition) is 2. The average Bonchev–Trinajstić information content (AvgIpc) is 3.57. The van der Waals surface area contributed by atoms with E-state index >= 15 is 0 Å². The van der Waals surface area contributed by atoms with E-state index in [2.05, 4.69) is 35.8 Å². The van der Waals surface area contributed by atoms with E-state index in [1.807, 2.05) is 0 Å². The molecule has 1 aliphatic rings. The van der Waals surface area contributed by atoms with Crippen LogP contribution in [0.25, 0.3) is 17.1 Å². The molecule has 0 fully saturated rings. The minimum atomic E-state index is -0.637. The third kappa shape index (κ3) is 3.89. The summed E-state index contributed by atoms with van der Waals surface area (Å²) < 4.78 is 16.6. The first kappa shape index (κ1) is 21.7. The highest BCUT2D eigenvalue weighted by molar-refractivity contribution is 6.42. The fourth-order valence-corrected chi connectivity index (χ4v) is 3.50. The number of rotatable bonds is 5. The van der Waals surface area contributed by atoms with Crippen LogP contribution in [0.3, 0.4) is 0 Å². The number of carbonyl (C=O) groups is 1. The van der Waals surface area contributed by atoms with Crippen LogP contribution in [0, 0.1) is 0 Å². The van der Waals surface area contributed by atoms with E-state index in [4.69, 9.17) is 38.4 Å². The molecule has 0 bridgehead atoms. The van der Waals surface area contributed by atoms with Gasteiger partial charge in [-0.15, -0.1) is 5.10 Å². The number of halogens is 2. The van der Waals surface area contributed by atoms with Gasteiger partial charge in [-0.2, -0.15) is 9.78 Å². The van der Waals surface area contributed by atoms with E-state index in [1.54, 1.807) is 43.3 Å². The molecule has 0 unspecified atom stereocenters. The molecule has 0 saturated carbocycles. The third-order valence-corrected chi connectivity index (χ3v) is 5.63. The number of nitrogens with two attached hydrogens (primary N) is 1. The molecule has 0 atom stereocenters. The third-order valence-electron chi connectivity index (χ3n) is 4.89. The fourth-order valence-electron chi connectivity index (χ4n) is 3.20. The van der Waals surface area contributed by atoms with Crippen LogP contribution in [0.1, 0.15) is 23.0 Å². The molecule has 0 aliphatic carbocycles. The van der Waals surface area contributed by atoms with Crippen molar-refractivity contribution in [3.8, 4) is 28.6 Å². The number of carbonyl (C=O) groups excluding carboxylic acids is 1. The maximum Gasteiger partial charge on any atom is 0.294 e.